The number of carbonyl (C=O) groups is 1. The summed E-state index contributed by atoms with van der Waals surface area (Å²) in [6.45, 7) is 8.77. The molecule has 1 saturated heterocycles. The largest absolute Gasteiger partial charge is 0.492 e. The molecular formula is C17H25ClN2O2. The standard InChI is InChI=1S/C17H25ClN2O2/c1-12-5-4-7-20(11-12)17(21)19-6-8-22-15-9-13(2)16(18)14(3)10-15/h9-10,12H,4-8,11H2,1-3H3,(H,19,21). The van der Waals surface area contributed by atoms with Crippen LogP contribution in [0.15, 0.2) is 12.1 Å². The van der Waals surface area contributed by atoms with Gasteiger partial charge in [0, 0.05) is 18.1 Å². The molecule has 122 valence electrons. The predicted octanol–water partition coefficient (Wildman–Crippen LogP) is 3.78. The molecule has 1 unspecified atom stereocenters. The number of piperidine rings is 1. The predicted molar refractivity (Wildman–Crippen MR) is 89.8 cm³/mol. The molecule has 1 aliphatic heterocycles. The highest BCUT2D eigenvalue weighted by Gasteiger charge is 2.20. The number of urea groups is 1. The number of benzene rings is 1. The van der Waals surface area contributed by atoms with E-state index in [9.17, 15) is 4.79 Å². The van der Waals surface area contributed by atoms with Gasteiger partial charge in [-0.25, -0.2) is 4.79 Å². The maximum absolute atomic E-state index is 12.0. The average Bonchev–Trinajstić information content (AvgIpc) is 2.49. The molecule has 1 fully saturated rings. The molecule has 0 bridgehead atoms. The number of halogens is 1. The maximum atomic E-state index is 12.0. The maximum Gasteiger partial charge on any atom is 0.317 e. The van der Waals surface area contributed by atoms with E-state index in [0.717, 1.165) is 41.4 Å². The molecule has 2 rings (SSSR count). The smallest absolute Gasteiger partial charge is 0.317 e. The number of ether oxygens (including phenoxy) is 1. The molecule has 2 amide bonds. The normalized spacial score (nSPS) is 18.2. The van der Waals surface area contributed by atoms with Crippen molar-refractivity contribution in [3.63, 3.8) is 0 Å². The fourth-order valence-corrected chi connectivity index (χ4v) is 2.91. The Morgan fingerprint density at radius 3 is 2.73 bits per heavy atom. The van der Waals surface area contributed by atoms with E-state index in [1.807, 2.05) is 30.9 Å². The zero-order valence-electron chi connectivity index (χ0n) is 13.6. The number of amides is 2. The van der Waals surface area contributed by atoms with E-state index in [1.54, 1.807) is 0 Å². The van der Waals surface area contributed by atoms with Crippen molar-refractivity contribution in [2.75, 3.05) is 26.2 Å². The number of rotatable bonds is 4. The van der Waals surface area contributed by atoms with E-state index < -0.39 is 0 Å². The molecular weight excluding hydrogens is 300 g/mol. The summed E-state index contributed by atoms with van der Waals surface area (Å²) in [6.07, 6.45) is 2.30. The minimum atomic E-state index is 0.0126. The highest BCUT2D eigenvalue weighted by molar-refractivity contribution is 6.32. The third-order valence-corrected chi connectivity index (χ3v) is 4.60. The summed E-state index contributed by atoms with van der Waals surface area (Å²) >= 11 is 6.13. The monoisotopic (exact) mass is 324 g/mol. The van der Waals surface area contributed by atoms with Gasteiger partial charge in [-0.1, -0.05) is 18.5 Å². The van der Waals surface area contributed by atoms with Gasteiger partial charge in [0.1, 0.15) is 12.4 Å². The van der Waals surface area contributed by atoms with Gasteiger partial charge in [0.15, 0.2) is 0 Å². The topological polar surface area (TPSA) is 41.6 Å². The minimum Gasteiger partial charge on any atom is -0.492 e. The lowest BCUT2D eigenvalue weighted by atomic mass is 10.0. The van der Waals surface area contributed by atoms with E-state index in [4.69, 9.17) is 16.3 Å². The van der Waals surface area contributed by atoms with Crippen LogP contribution in [0.3, 0.4) is 0 Å². The van der Waals surface area contributed by atoms with E-state index in [2.05, 4.69) is 12.2 Å². The second kappa shape index (κ2) is 7.73. The summed E-state index contributed by atoms with van der Waals surface area (Å²) in [5.41, 5.74) is 2.01. The minimum absolute atomic E-state index is 0.0126. The third kappa shape index (κ3) is 4.54. The van der Waals surface area contributed by atoms with E-state index in [1.165, 1.54) is 6.42 Å². The molecule has 0 radical (unpaired) electrons. The van der Waals surface area contributed by atoms with Crippen molar-refractivity contribution in [1.29, 1.82) is 0 Å². The van der Waals surface area contributed by atoms with Crippen LogP contribution in [0.4, 0.5) is 4.79 Å². The van der Waals surface area contributed by atoms with Crippen molar-refractivity contribution in [1.82, 2.24) is 10.2 Å². The molecule has 1 atom stereocenters. The molecule has 22 heavy (non-hydrogen) atoms. The molecule has 1 heterocycles. The molecule has 4 nitrogen and oxygen atoms in total. The van der Waals surface area contributed by atoms with Crippen molar-refractivity contribution >= 4 is 17.6 Å². The Bertz CT molecular complexity index is 510. The number of likely N-dealkylation sites (tertiary alicyclic amines) is 1. The van der Waals surface area contributed by atoms with Gasteiger partial charge < -0.3 is 15.0 Å². The van der Waals surface area contributed by atoms with Crippen molar-refractivity contribution < 1.29 is 9.53 Å². The second-order valence-corrected chi connectivity index (χ2v) is 6.52. The van der Waals surface area contributed by atoms with E-state index in [0.29, 0.717) is 19.1 Å². The summed E-state index contributed by atoms with van der Waals surface area (Å²) in [5.74, 6) is 1.39. The number of nitrogens with one attached hydrogen (secondary N) is 1. The van der Waals surface area contributed by atoms with Gasteiger partial charge in [0.05, 0.1) is 6.54 Å². The van der Waals surface area contributed by atoms with Crippen LogP contribution in [-0.4, -0.2) is 37.2 Å². The molecule has 1 N–H and O–H groups in total. The van der Waals surface area contributed by atoms with Crippen LogP contribution in [0.1, 0.15) is 30.9 Å². The fourth-order valence-electron chi connectivity index (χ4n) is 2.80. The number of carbonyl (C=O) groups excluding carboxylic acids is 1. The van der Waals surface area contributed by atoms with E-state index >= 15 is 0 Å². The Balaban J connectivity index is 1.74. The molecule has 1 aromatic carbocycles. The molecule has 1 aromatic rings. The van der Waals surface area contributed by atoms with Gasteiger partial charge in [0.2, 0.25) is 0 Å². The second-order valence-electron chi connectivity index (χ2n) is 6.14. The van der Waals surface area contributed by atoms with Crippen molar-refractivity contribution in [2.45, 2.75) is 33.6 Å². The summed E-state index contributed by atoms with van der Waals surface area (Å²) in [5, 5.41) is 3.70. The summed E-state index contributed by atoms with van der Waals surface area (Å²) < 4.78 is 5.69. The van der Waals surface area contributed by atoms with Gasteiger partial charge in [-0.2, -0.15) is 0 Å². The number of hydrogen-bond donors (Lipinski definition) is 1. The average molecular weight is 325 g/mol. The summed E-state index contributed by atoms with van der Waals surface area (Å²) in [7, 11) is 0. The Morgan fingerprint density at radius 1 is 1.41 bits per heavy atom. The molecule has 0 saturated carbocycles. The Hall–Kier alpha value is -1.42. The first-order valence-corrected chi connectivity index (χ1v) is 8.27. The quantitative estimate of drug-likeness (QED) is 0.856. The molecule has 5 heteroatoms. The molecule has 0 spiro atoms. The SMILES string of the molecule is Cc1cc(OCCNC(=O)N2CCCC(C)C2)cc(C)c1Cl. The van der Waals surface area contributed by atoms with Crippen molar-refractivity contribution in [2.24, 2.45) is 5.92 Å². The fraction of sp³-hybridized carbons (Fsp3) is 0.588. The van der Waals surface area contributed by atoms with Gasteiger partial charge in [-0.05, 0) is 55.9 Å². The first-order valence-electron chi connectivity index (χ1n) is 7.89. The van der Waals surface area contributed by atoms with Crippen LogP contribution < -0.4 is 10.1 Å². The third-order valence-electron chi connectivity index (χ3n) is 4.00. The van der Waals surface area contributed by atoms with Crippen LogP contribution in [0.2, 0.25) is 5.02 Å². The number of hydrogen-bond acceptors (Lipinski definition) is 2. The summed E-state index contributed by atoms with van der Waals surface area (Å²) in [6, 6.07) is 3.85. The lowest BCUT2D eigenvalue weighted by molar-refractivity contribution is 0.167. The first-order chi connectivity index (χ1) is 10.5. The van der Waals surface area contributed by atoms with Crippen LogP contribution in [0, 0.1) is 19.8 Å². The van der Waals surface area contributed by atoms with Gasteiger partial charge >= 0.3 is 6.03 Å². The van der Waals surface area contributed by atoms with Crippen LogP contribution in [-0.2, 0) is 0 Å². The Labute approximate surface area is 137 Å². The number of aryl methyl sites for hydroxylation is 2. The van der Waals surface area contributed by atoms with E-state index in [-0.39, 0.29) is 6.03 Å². The molecule has 0 aliphatic carbocycles. The van der Waals surface area contributed by atoms with Crippen molar-refractivity contribution in [3.8, 4) is 5.75 Å². The first kappa shape index (κ1) is 16.9. The molecule has 0 aromatic heterocycles. The van der Waals surface area contributed by atoms with Crippen LogP contribution in [0.25, 0.3) is 0 Å². The van der Waals surface area contributed by atoms with Gasteiger partial charge in [-0.15, -0.1) is 0 Å². The zero-order chi connectivity index (χ0) is 16.1. The lowest BCUT2D eigenvalue weighted by Crippen LogP contribution is -2.45. The summed E-state index contributed by atoms with van der Waals surface area (Å²) in [4.78, 5) is 13.9. The highest BCUT2D eigenvalue weighted by Crippen LogP contribution is 2.25. The van der Waals surface area contributed by atoms with Crippen molar-refractivity contribution in [3.05, 3.63) is 28.3 Å². The Kier molecular flexibility index (Phi) is 5.95. The van der Waals surface area contributed by atoms with Crippen LogP contribution >= 0.6 is 11.6 Å². The van der Waals surface area contributed by atoms with Gasteiger partial charge in [-0.3, -0.25) is 0 Å². The molecule has 1 aliphatic rings. The van der Waals surface area contributed by atoms with Crippen LogP contribution in [0.5, 0.6) is 5.75 Å². The lowest BCUT2D eigenvalue weighted by Gasteiger charge is -2.30. The zero-order valence-corrected chi connectivity index (χ0v) is 14.4. The highest BCUT2D eigenvalue weighted by atomic mass is 35.5. The van der Waals surface area contributed by atoms with Gasteiger partial charge in [0.25, 0.3) is 0 Å². The number of nitrogens with zero attached hydrogens (tertiary/aromatic N) is 1. The Morgan fingerprint density at radius 2 is 2.09 bits per heavy atom.